The van der Waals surface area contributed by atoms with Gasteiger partial charge >= 0.3 is 0 Å². The van der Waals surface area contributed by atoms with Gasteiger partial charge in [-0.25, -0.2) is 12.8 Å². The van der Waals surface area contributed by atoms with Crippen LogP contribution in [0.1, 0.15) is 11.1 Å². The average Bonchev–Trinajstić information content (AvgIpc) is 2.36. The van der Waals surface area contributed by atoms with Gasteiger partial charge in [0.15, 0.2) is 9.84 Å². The Hall–Kier alpha value is -1.40. The fraction of sp³-hybridized carbons (Fsp3) is 0.143. The lowest BCUT2D eigenvalue weighted by Crippen LogP contribution is -2.09. The molecule has 0 spiro atoms. The first kappa shape index (κ1) is 15.0. The smallest absolute Gasteiger partial charge is 0.184 e. The van der Waals surface area contributed by atoms with E-state index in [0.29, 0.717) is 10.0 Å². The molecule has 2 aromatic carbocycles. The van der Waals surface area contributed by atoms with Crippen molar-refractivity contribution >= 4 is 31.5 Å². The highest BCUT2D eigenvalue weighted by molar-refractivity contribution is 9.10. The van der Waals surface area contributed by atoms with Crippen LogP contribution in [0.2, 0.25) is 0 Å². The summed E-state index contributed by atoms with van der Waals surface area (Å²) in [5.41, 5.74) is 7.07. The Labute approximate surface area is 125 Å². The van der Waals surface area contributed by atoms with Gasteiger partial charge in [0, 0.05) is 4.47 Å². The first-order chi connectivity index (χ1) is 9.29. The minimum absolute atomic E-state index is 0.0514. The molecule has 6 heteroatoms. The summed E-state index contributed by atoms with van der Waals surface area (Å²) in [7, 11) is -3.63. The Morgan fingerprint density at radius 3 is 2.60 bits per heavy atom. The summed E-state index contributed by atoms with van der Waals surface area (Å²) in [5, 5.41) is 0. The fourth-order valence-electron chi connectivity index (χ4n) is 1.86. The number of sulfone groups is 1. The summed E-state index contributed by atoms with van der Waals surface area (Å²) in [6, 6.07) is 8.75. The monoisotopic (exact) mass is 357 g/mol. The second kappa shape index (κ2) is 5.54. The molecule has 20 heavy (non-hydrogen) atoms. The Morgan fingerprint density at radius 2 is 1.90 bits per heavy atom. The molecule has 0 atom stereocenters. The summed E-state index contributed by atoms with van der Waals surface area (Å²) in [5.74, 6) is -0.736. The highest BCUT2D eigenvalue weighted by Gasteiger charge is 2.20. The van der Waals surface area contributed by atoms with Gasteiger partial charge in [-0.1, -0.05) is 22.0 Å². The quantitative estimate of drug-likeness (QED) is 0.855. The zero-order valence-corrected chi connectivity index (χ0v) is 13.1. The van der Waals surface area contributed by atoms with Crippen LogP contribution in [0.15, 0.2) is 45.8 Å². The minimum atomic E-state index is -3.63. The van der Waals surface area contributed by atoms with Crippen molar-refractivity contribution in [3.8, 4) is 0 Å². The first-order valence-corrected chi connectivity index (χ1v) is 8.27. The molecular formula is C14H13BrFNO2S. The normalized spacial score (nSPS) is 11.6. The van der Waals surface area contributed by atoms with E-state index in [2.05, 4.69) is 15.9 Å². The van der Waals surface area contributed by atoms with Gasteiger partial charge in [-0.3, -0.25) is 0 Å². The molecule has 0 bridgehead atoms. The van der Waals surface area contributed by atoms with Gasteiger partial charge in [-0.2, -0.15) is 0 Å². The molecule has 2 N–H and O–H groups in total. The van der Waals surface area contributed by atoms with Gasteiger partial charge in [0.05, 0.1) is 16.3 Å². The molecule has 0 aliphatic heterocycles. The van der Waals surface area contributed by atoms with Gasteiger partial charge in [0.2, 0.25) is 0 Å². The average molecular weight is 358 g/mol. The highest BCUT2D eigenvalue weighted by atomic mass is 79.9. The molecule has 0 aliphatic rings. The number of nitrogen functional groups attached to an aromatic ring is 1. The maximum atomic E-state index is 13.2. The largest absolute Gasteiger partial charge is 0.398 e. The maximum absolute atomic E-state index is 13.2. The second-order valence-electron chi connectivity index (χ2n) is 4.51. The minimum Gasteiger partial charge on any atom is -0.398 e. The van der Waals surface area contributed by atoms with Crippen LogP contribution >= 0.6 is 15.9 Å². The third kappa shape index (κ3) is 3.19. The van der Waals surface area contributed by atoms with Gasteiger partial charge in [0.25, 0.3) is 0 Å². The molecule has 106 valence electrons. The Morgan fingerprint density at radius 1 is 1.20 bits per heavy atom. The van der Waals surface area contributed by atoms with Crippen molar-refractivity contribution in [1.82, 2.24) is 0 Å². The molecular weight excluding hydrogens is 345 g/mol. The SMILES string of the molecule is Cc1ccc(F)cc1CS(=O)(=O)c1cc(Br)ccc1N. The van der Waals surface area contributed by atoms with Crippen molar-refractivity contribution in [2.24, 2.45) is 0 Å². The summed E-state index contributed by atoms with van der Waals surface area (Å²) in [4.78, 5) is 0.0514. The van der Waals surface area contributed by atoms with Crippen molar-refractivity contribution < 1.29 is 12.8 Å². The van der Waals surface area contributed by atoms with Gasteiger partial charge in [0.1, 0.15) is 5.82 Å². The van der Waals surface area contributed by atoms with E-state index in [1.165, 1.54) is 24.3 Å². The summed E-state index contributed by atoms with van der Waals surface area (Å²) in [6.45, 7) is 1.74. The number of rotatable bonds is 3. The molecule has 0 radical (unpaired) electrons. The molecule has 2 rings (SSSR count). The molecule has 0 saturated carbocycles. The summed E-state index contributed by atoms with van der Waals surface area (Å²) in [6.07, 6.45) is 0. The zero-order chi connectivity index (χ0) is 14.9. The predicted octanol–water partition coefficient (Wildman–Crippen LogP) is 3.45. The second-order valence-corrected chi connectivity index (χ2v) is 7.39. The standard InChI is InChI=1S/C14H13BrFNO2S/c1-9-2-4-12(16)6-10(9)8-20(18,19)14-7-11(15)3-5-13(14)17/h2-7H,8,17H2,1H3. The lowest BCUT2D eigenvalue weighted by molar-refractivity contribution is 0.594. The number of anilines is 1. The number of nitrogens with two attached hydrogens (primary N) is 1. The van der Waals surface area contributed by atoms with Crippen molar-refractivity contribution in [3.63, 3.8) is 0 Å². The molecule has 3 nitrogen and oxygen atoms in total. The molecule has 0 unspecified atom stereocenters. The van der Waals surface area contributed by atoms with Crippen LogP contribution in [-0.2, 0) is 15.6 Å². The van der Waals surface area contributed by atoms with Crippen LogP contribution in [0.25, 0.3) is 0 Å². The molecule has 0 amide bonds. The van der Waals surface area contributed by atoms with Crippen LogP contribution < -0.4 is 5.73 Å². The first-order valence-electron chi connectivity index (χ1n) is 5.82. The Kier molecular flexibility index (Phi) is 4.15. The third-order valence-electron chi connectivity index (χ3n) is 2.97. The Bertz CT molecular complexity index is 760. The molecule has 0 fully saturated rings. The van der Waals surface area contributed by atoms with E-state index in [1.807, 2.05) is 0 Å². The molecule has 0 aromatic heterocycles. The summed E-state index contributed by atoms with van der Waals surface area (Å²) < 4.78 is 38.7. The van der Waals surface area contributed by atoms with E-state index < -0.39 is 15.7 Å². The van der Waals surface area contributed by atoms with Crippen LogP contribution in [-0.4, -0.2) is 8.42 Å². The predicted molar refractivity (Wildman–Crippen MR) is 80.6 cm³/mol. The number of hydrogen-bond donors (Lipinski definition) is 1. The fourth-order valence-corrected chi connectivity index (χ4v) is 3.98. The lowest BCUT2D eigenvalue weighted by Gasteiger charge is -2.10. The number of benzene rings is 2. The van der Waals surface area contributed by atoms with Gasteiger partial charge in [-0.05, 0) is 48.4 Å². The van der Waals surface area contributed by atoms with E-state index in [4.69, 9.17) is 5.73 Å². The van der Waals surface area contributed by atoms with Gasteiger partial charge in [-0.15, -0.1) is 0 Å². The third-order valence-corrected chi connectivity index (χ3v) is 5.18. The van der Waals surface area contributed by atoms with Crippen LogP contribution in [0.3, 0.4) is 0 Å². The van der Waals surface area contributed by atoms with Crippen molar-refractivity contribution in [3.05, 3.63) is 57.8 Å². The van der Waals surface area contributed by atoms with Crippen molar-refractivity contribution in [2.45, 2.75) is 17.6 Å². The summed E-state index contributed by atoms with van der Waals surface area (Å²) >= 11 is 3.22. The van der Waals surface area contributed by atoms with Crippen LogP contribution in [0.4, 0.5) is 10.1 Å². The number of aryl methyl sites for hydroxylation is 1. The van der Waals surface area contributed by atoms with Crippen molar-refractivity contribution in [1.29, 1.82) is 0 Å². The van der Waals surface area contributed by atoms with E-state index in [9.17, 15) is 12.8 Å². The number of hydrogen-bond acceptors (Lipinski definition) is 3. The van der Waals surface area contributed by atoms with E-state index in [1.54, 1.807) is 19.1 Å². The number of halogens is 2. The van der Waals surface area contributed by atoms with Gasteiger partial charge < -0.3 is 5.73 Å². The van der Waals surface area contributed by atoms with E-state index in [-0.39, 0.29) is 16.3 Å². The van der Waals surface area contributed by atoms with Crippen molar-refractivity contribution in [2.75, 3.05) is 5.73 Å². The zero-order valence-electron chi connectivity index (χ0n) is 10.7. The molecule has 0 aliphatic carbocycles. The molecule has 0 heterocycles. The lowest BCUT2D eigenvalue weighted by atomic mass is 10.1. The maximum Gasteiger partial charge on any atom is 0.184 e. The molecule has 2 aromatic rings. The van der Waals surface area contributed by atoms with Crippen LogP contribution in [0.5, 0.6) is 0 Å². The molecule has 0 saturated heterocycles. The van der Waals surface area contributed by atoms with E-state index >= 15 is 0 Å². The highest BCUT2D eigenvalue weighted by Crippen LogP contribution is 2.27. The topological polar surface area (TPSA) is 60.2 Å². The van der Waals surface area contributed by atoms with Crippen LogP contribution in [0, 0.1) is 12.7 Å². The van der Waals surface area contributed by atoms with E-state index in [0.717, 1.165) is 5.56 Å². The Balaban J connectivity index is 2.46.